The number of ether oxygens (including phenoxy) is 3. The average Bonchev–Trinajstić information content (AvgIpc) is 2.78. The third kappa shape index (κ3) is 3.72. The zero-order chi connectivity index (χ0) is 22.1. The molecule has 0 bridgehead atoms. The fourth-order valence-electron chi connectivity index (χ4n) is 4.01. The van der Waals surface area contributed by atoms with Gasteiger partial charge in [0.1, 0.15) is 11.8 Å². The van der Waals surface area contributed by atoms with Crippen molar-refractivity contribution in [3.05, 3.63) is 82.9 Å². The monoisotopic (exact) mass is 417 g/mol. The number of rotatable bonds is 6. The number of β-lactam (4-membered cyclic amide) rings is 1. The molecule has 1 heterocycles. The number of benzene rings is 3. The largest absolute Gasteiger partial charge is 0.493 e. The van der Waals surface area contributed by atoms with Gasteiger partial charge in [-0.3, -0.25) is 9.69 Å². The van der Waals surface area contributed by atoms with E-state index in [2.05, 4.69) is 6.07 Å². The summed E-state index contributed by atoms with van der Waals surface area (Å²) in [5.74, 6) is 1.92. The second kappa shape index (κ2) is 8.34. The molecular weight excluding hydrogens is 390 g/mol. The molecule has 1 aliphatic heterocycles. The molecule has 2 unspecified atom stereocenters. The minimum atomic E-state index is -0.626. The van der Waals surface area contributed by atoms with E-state index in [1.807, 2.05) is 80.3 Å². The van der Waals surface area contributed by atoms with Crippen LogP contribution in [0.25, 0.3) is 0 Å². The number of anilines is 1. The van der Waals surface area contributed by atoms with Gasteiger partial charge in [0.05, 0.1) is 14.2 Å². The van der Waals surface area contributed by atoms with Gasteiger partial charge < -0.3 is 14.2 Å². The Balaban J connectivity index is 1.78. The summed E-state index contributed by atoms with van der Waals surface area (Å²) in [5.41, 5.74) is 4.96. The summed E-state index contributed by atoms with van der Waals surface area (Å²) in [7, 11) is 3.22. The Kier molecular flexibility index (Phi) is 5.59. The zero-order valence-corrected chi connectivity index (χ0v) is 18.5. The van der Waals surface area contributed by atoms with Crippen molar-refractivity contribution in [2.24, 2.45) is 0 Å². The summed E-state index contributed by atoms with van der Waals surface area (Å²) in [6.07, 6.45) is -0.626. The maximum atomic E-state index is 13.3. The van der Waals surface area contributed by atoms with Gasteiger partial charge in [-0.2, -0.15) is 0 Å². The Labute approximate surface area is 183 Å². The first-order chi connectivity index (χ1) is 14.9. The van der Waals surface area contributed by atoms with Crippen LogP contribution in [0, 0.1) is 20.8 Å². The lowest BCUT2D eigenvalue weighted by Crippen LogP contribution is -2.62. The van der Waals surface area contributed by atoms with E-state index in [1.54, 1.807) is 14.2 Å². The second-order valence-corrected chi connectivity index (χ2v) is 7.86. The molecule has 0 aromatic heterocycles. The lowest BCUT2D eigenvalue weighted by atomic mass is 9.88. The summed E-state index contributed by atoms with van der Waals surface area (Å²) in [5, 5.41) is 0. The third-order valence-corrected chi connectivity index (χ3v) is 5.77. The van der Waals surface area contributed by atoms with Gasteiger partial charge in [0.2, 0.25) is 6.10 Å². The van der Waals surface area contributed by atoms with Crippen LogP contribution >= 0.6 is 0 Å². The van der Waals surface area contributed by atoms with Crippen LogP contribution in [0.2, 0.25) is 0 Å². The number of hydrogen-bond donors (Lipinski definition) is 0. The molecule has 1 amide bonds. The number of para-hydroxylation sites is 1. The summed E-state index contributed by atoms with van der Waals surface area (Å²) in [4.78, 5) is 15.2. The molecule has 160 valence electrons. The normalized spacial score (nSPS) is 17.8. The number of carbonyl (C=O) groups is 1. The Morgan fingerprint density at radius 2 is 1.52 bits per heavy atom. The molecule has 0 radical (unpaired) electrons. The molecule has 0 aliphatic carbocycles. The van der Waals surface area contributed by atoms with Crippen LogP contribution in [0.3, 0.4) is 0 Å². The molecule has 1 aliphatic rings. The van der Waals surface area contributed by atoms with Crippen LogP contribution in [0.4, 0.5) is 5.69 Å². The average molecular weight is 418 g/mol. The summed E-state index contributed by atoms with van der Waals surface area (Å²) in [6, 6.07) is 19.3. The first-order valence-electron chi connectivity index (χ1n) is 10.3. The number of hydrogen-bond acceptors (Lipinski definition) is 4. The first-order valence-corrected chi connectivity index (χ1v) is 10.3. The van der Waals surface area contributed by atoms with Gasteiger partial charge in [-0.05, 0) is 67.3 Å². The highest BCUT2D eigenvalue weighted by molar-refractivity contribution is 6.06. The van der Waals surface area contributed by atoms with Gasteiger partial charge in [-0.25, -0.2) is 0 Å². The van der Waals surface area contributed by atoms with Gasteiger partial charge in [0, 0.05) is 5.69 Å². The van der Waals surface area contributed by atoms with E-state index in [4.69, 9.17) is 14.2 Å². The highest BCUT2D eigenvalue weighted by Crippen LogP contribution is 2.44. The van der Waals surface area contributed by atoms with Gasteiger partial charge in [0.15, 0.2) is 11.5 Å². The van der Waals surface area contributed by atoms with E-state index in [0.29, 0.717) is 17.2 Å². The van der Waals surface area contributed by atoms with Crippen LogP contribution in [0.5, 0.6) is 17.2 Å². The van der Waals surface area contributed by atoms with Gasteiger partial charge in [-0.1, -0.05) is 36.4 Å². The molecule has 5 nitrogen and oxygen atoms in total. The van der Waals surface area contributed by atoms with E-state index in [1.165, 1.54) is 0 Å². The first kappa shape index (κ1) is 20.8. The van der Waals surface area contributed by atoms with Crippen molar-refractivity contribution in [1.82, 2.24) is 0 Å². The SMILES string of the molecule is COc1ccc(C2C(Oc3ccccc3C)C(=O)N2c2cc(C)ccc2C)cc1OC. The smallest absolute Gasteiger partial charge is 0.271 e. The van der Waals surface area contributed by atoms with Crippen molar-refractivity contribution in [1.29, 1.82) is 0 Å². The highest BCUT2D eigenvalue weighted by Gasteiger charge is 2.51. The second-order valence-electron chi connectivity index (χ2n) is 7.86. The molecule has 0 N–H and O–H groups in total. The van der Waals surface area contributed by atoms with Crippen molar-refractivity contribution in [3.8, 4) is 17.2 Å². The molecule has 2 atom stereocenters. The predicted molar refractivity (Wildman–Crippen MR) is 121 cm³/mol. The number of methoxy groups -OCH3 is 2. The fraction of sp³-hybridized carbons (Fsp3) is 0.269. The van der Waals surface area contributed by atoms with Crippen molar-refractivity contribution < 1.29 is 19.0 Å². The van der Waals surface area contributed by atoms with Gasteiger partial charge in [-0.15, -0.1) is 0 Å². The standard InChI is InChI=1S/C26H27NO4/c1-16-10-11-17(2)20(14-16)27-24(19-12-13-22(29-4)23(15-19)30-5)25(26(27)28)31-21-9-7-6-8-18(21)3/h6-15,24-25H,1-5H3. The molecule has 3 aromatic carbocycles. The van der Waals surface area contributed by atoms with Crippen molar-refractivity contribution in [3.63, 3.8) is 0 Å². The molecule has 0 spiro atoms. The van der Waals surface area contributed by atoms with E-state index in [9.17, 15) is 4.79 Å². The number of carbonyl (C=O) groups excluding carboxylic acids is 1. The van der Waals surface area contributed by atoms with E-state index in [-0.39, 0.29) is 11.9 Å². The van der Waals surface area contributed by atoms with E-state index >= 15 is 0 Å². The van der Waals surface area contributed by atoms with E-state index in [0.717, 1.165) is 27.9 Å². The lowest BCUT2D eigenvalue weighted by Gasteiger charge is -2.47. The van der Waals surface area contributed by atoms with Crippen LogP contribution < -0.4 is 19.1 Å². The summed E-state index contributed by atoms with van der Waals surface area (Å²) >= 11 is 0. The number of amides is 1. The quantitative estimate of drug-likeness (QED) is 0.520. The Morgan fingerprint density at radius 1 is 0.774 bits per heavy atom. The summed E-state index contributed by atoms with van der Waals surface area (Å²) in [6.45, 7) is 6.02. The van der Waals surface area contributed by atoms with Crippen molar-refractivity contribution in [2.75, 3.05) is 19.1 Å². The van der Waals surface area contributed by atoms with Crippen LogP contribution in [0.15, 0.2) is 60.7 Å². The molecule has 1 saturated heterocycles. The molecule has 5 heteroatoms. The zero-order valence-electron chi connectivity index (χ0n) is 18.5. The van der Waals surface area contributed by atoms with Crippen molar-refractivity contribution >= 4 is 11.6 Å². The van der Waals surface area contributed by atoms with Crippen LogP contribution in [0.1, 0.15) is 28.3 Å². The molecular formula is C26H27NO4. The van der Waals surface area contributed by atoms with Crippen LogP contribution in [-0.4, -0.2) is 26.2 Å². The van der Waals surface area contributed by atoms with Gasteiger partial charge >= 0.3 is 0 Å². The summed E-state index contributed by atoms with van der Waals surface area (Å²) < 4.78 is 17.2. The minimum absolute atomic E-state index is 0.0586. The Hall–Kier alpha value is -3.47. The maximum absolute atomic E-state index is 13.3. The number of aryl methyl sites for hydroxylation is 3. The maximum Gasteiger partial charge on any atom is 0.271 e. The van der Waals surface area contributed by atoms with Crippen molar-refractivity contribution in [2.45, 2.75) is 32.9 Å². The molecule has 31 heavy (non-hydrogen) atoms. The Morgan fingerprint density at radius 3 is 2.23 bits per heavy atom. The third-order valence-electron chi connectivity index (χ3n) is 5.77. The fourth-order valence-corrected chi connectivity index (χ4v) is 4.01. The lowest BCUT2D eigenvalue weighted by molar-refractivity contribution is -0.135. The topological polar surface area (TPSA) is 48.0 Å². The molecule has 3 aromatic rings. The van der Waals surface area contributed by atoms with Gasteiger partial charge in [0.25, 0.3) is 5.91 Å². The van der Waals surface area contributed by atoms with Crippen LogP contribution in [-0.2, 0) is 4.79 Å². The highest BCUT2D eigenvalue weighted by atomic mass is 16.5. The number of nitrogens with zero attached hydrogens (tertiary/aromatic N) is 1. The minimum Gasteiger partial charge on any atom is -0.493 e. The Bertz CT molecular complexity index is 1120. The predicted octanol–water partition coefficient (Wildman–Crippen LogP) is 5.16. The molecule has 0 saturated carbocycles. The molecule has 1 fully saturated rings. The van der Waals surface area contributed by atoms with E-state index < -0.39 is 6.10 Å². The molecule has 4 rings (SSSR count).